The first kappa shape index (κ1) is 23.0. The molecular formula is C23H30N4O3S. The molecule has 1 fully saturated rings. The Kier molecular flexibility index (Phi) is 8.20. The van der Waals surface area contributed by atoms with Crippen LogP contribution < -0.4 is 10.6 Å². The minimum atomic E-state index is -0.0877. The number of amides is 3. The third-order valence-electron chi connectivity index (χ3n) is 5.44. The van der Waals surface area contributed by atoms with E-state index in [9.17, 15) is 14.4 Å². The Labute approximate surface area is 187 Å². The minimum absolute atomic E-state index is 0.0290. The lowest BCUT2D eigenvalue weighted by atomic mass is 10.1. The molecule has 8 heteroatoms. The fourth-order valence-electron chi connectivity index (χ4n) is 3.64. The van der Waals surface area contributed by atoms with Gasteiger partial charge in [-0.3, -0.25) is 19.3 Å². The summed E-state index contributed by atoms with van der Waals surface area (Å²) in [5.41, 5.74) is 2.98. The van der Waals surface area contributed by atoms with Crippen LogP contribution in [0.1, 0.15) is 33.6 Å². The van der Waals surface area contributed by atoms with Gasteiger partial charge in [-0.2, -0.15) is 0 Å². The summed E-state index contributed by atoms with van der Waals surface area (Å²) >= 11 is 1.40. The molecule has 0 radical (unpaired) electrons. The molecule has 1 aromatic carbocycles. The first-order valence-corrected chi connectivity index (χ1v) is 11.5. The van der Waals surface area contributed by atoms with Crippen molar-refractivity contribution >= 4 is 34.7 Å². The van der Waals surface area contributed by atoms with Gasteiger partial charge in [0.25, 0.3) is 5.91 Å². The number of aryl methyl sites for hydroxylation is 2. The topological polar surface area (TPSA) is 81.8 Å². The standard InChI is InChI=1S/C23H30N4O3S/c1-17-6-3-7-18(2)22(17)25-20(28)16-26-11-13-27(14-12-26)21(29)9-4-10-24-23(30)19-8-5-15-31-19/h3,5-8,15H,4,9-14,16H2,1-2H3,(H,24,30)(H,25,28). The predicted molar refractivity (Wildman–Crippen MR) is 123 cm³/mol. The van der Waals surface area contributed by atoms with Gasteiger partial charge in [0.15, 0.2) is 0 Å². The molecule has 31 heavy (non-hydrogen) atoms. The summed E-state index contributed by atoms with van der Waals surface area (Å²) in [4.78, 5) is 41.4. The normalized spacial score (nSPS) is 14.3. The lowest BCUT2D eigenvalue weighted by Crippen LogP contribution is -2.50. The van der Waals surface area contributed by atoms with E-state index in [1.54, 1.807) is 6.07 Å². The number of anilines is 1. The number of nitrogens with zero attached hydrogens (tertiary/aromatic N) is 2. The van der Waals surface area contributed by atoms with E-state index < -0.39 is 0 Å². The van der Waals surface area contributed by atoms with Gasteiger partial charge >= 0.3 is 0 Å². The summed E-state index contributed by atoms with van der Waals surface area (Å²) in [6, 6.07) is 9.58. The van der Waals surface area contributed by atoms with E-state index in [0.717, 1.165) is 16.8 Å². The quantitative estimate of drug-likeness (QED) is 0.616. The number of thiophene rings is 1. The summed E-state index contributed by atoms with van der Waals surface area (Å²) in [7, 11) is 0. The van der Waals surface area contributed by atoms with Crippen molar-refractivity contribution in [2.45, 2.75) is 26.7 Å². The van der Waals surface area contributed by atoms with Gasteiger partial charge in [-0.15, -0.1) is 11.3 Å². The second-order valence-corrected chi connectivity index (χ2v) is 8.76. The van der Waals surface area contributed by atoms with Gasteiger partial charge in [0.2, 0.25) is 11.8 Å². The monoisotopic (exact) mass is 442 g/mol. The van der Waals surface area contributed by atoms with Crippen LogP contribution in [-0.2, 0) is 9.59 Å². The van der Waals surface area contributed by atoms with E-state index in [2.05, 4.69) is 15.5 Å². The Bertz CT molecular complexity index is 885. The molecule has 1 aliphatic heterocycles. The Balaban J connectivity index is 1.33. The molecule has 0 spiro atoms. The van der Waals surface area contributed by atoms with Crippen LogP contribution in [-0.4, -0.2) is 66.8 Å². The Morgan fingerprint density at radius 2 is 1.71 bits per heavy atom. The molecule has 0 bridgehead atoms. The van der Waals surface area contributed by atoms with Crippen molar-refractivity contribution in [3.8, 4) is 0 Å². The second-order valence-electron chi connectivity index (χ2n) is 7.81. The average molecular weight is 443 g/mol. The van der Waals surface area contributed by atoms with E-state index >= 15 is 0 Å². The van der Waals surface area contributed by atoms with Crippen molar-refractivity contribution in [1.82, 2.24) is 15.1 Å². The van der Waals surface area contributed by atoms with Gasteiger partial charge in [-0.25, -0.2) is 0 Å². The maximum atomic E-state index is 12.4. The van der Waals surface area contributed by atoms with Crippen molar-refractivity contribution in [3.63, 3.8) is 0 Å². The highest BCUT2D eigenvalue weighted by molar-refractivity contribution is 7.12. The molecule has 7 nitrogen and oxygen atoms in total. The number of piperazine rings is 1. The highest BCUT2D eigenvalue weighted by atomic mass is 32.1. The fourth-order valence-corrected chi connectivity index (χ4v) is 4.28. The fraction of sp³-hybridized carbons (Fsp3) is 0.435. The summed E-state index contributed by atoms with van der Waals surface area (Å²) in [5.74, 6) is -0.0149. The zero-order chi connectivity index (χ0) is 22.2. The largest absolute Gasteiger partial charge is 0.351 e. The summed E-state index contributed by atoms with van der Waals surface area (Å²) in [6.07, 6.45) is 1.03. The van der Waals surface area contributed by atoms with Gasteiger partial charge in [0, 0.05) is 44.8 Å². The number of carbonyl (C=O) groups is 3. The molecule has 2 aromatic rings. The number of hydrogen-bond acceptors (Lipinski definition) is 5. The number of hydrogen-bond donors (Lipinski definition) is 2. The van der Waals surface area contributed by atoms with Crippen molar-refractivity contribution in [2.24, 2.45) is 0 Å². The van der Waals surface area contributed by atoms with Crippen molar-refractivity contribution in [1.29, 1.82) is 0 Å². The lowest BCUT2D eigenvalue weighted by molar-refractivity contribution is -0.133. The molecule has 3 amide bonds. The van der Waals surface area contributed by atoms with Gasteiger partial charge in [0.1, 0.15) is 0 Å². The smallest absolute Gasteiger partial charge is 0.261 e. The van der Waals surface area contributed by atoms with Crippen LogP contribution in [0.25, 0.3) is 0 Å². The van der Waals surface area contributed by atoms with Gasteiger partial charge in [-0.05, 0) is 42.8 Å². The third kappa shape index (κ3) is 6.63. The van der Waals surface area contributed by atoms with Gasteiger partial charge in [-0.1, -0.05) is 24.3 Å². The van der Waals surface area contributed by atoms with Crippen LogP contribution in [0.5, 0.6) is 0 Å². The summed E-state index contributed by atoms with van der Waals surface area (Å²) in [5, 5.41) is 7.73. The van der Waals surface area contributed by atoms with Crippen LogP contribution in [0, 0.1) is 13.8 Å². The van der Waals surface area contributed by atoms with Crippen LogP contribution in [0.4, 0.5) is 5.69 Å². The molecule has 0 unspecified atom stereocenters. The number of benzene rings is 1. The number of carbonyl (C=O) groups excluding carboxylic acids is 3. The van der Waals surface area contributed by atoms with Crippen LogP contribution in [0.15, 0.2) is 35.7 Å². The van der Waals surface area contributed by atoms with Crippen LogP contribution in [0.3, 0.4) is 0 Å². The van der Waals surface area contributed by atoms with Crippen molar-refractivity contribution in [2.75, 3.05) is 44.6 Å². The summed E-state index contributed by atoms with van der Waals surface area (Å²) < 4.78 is 0. The zero-order valence-electron chi connectivity index (χ0n) is 18.1. The first-order valence-electron chi connectivity index (χ1n) is 10.6. The highest BCUT2D eigenvalue weighted by Gasteiger charge is 2.22. The lowest BCUT2D eigenvalue weighted by Gasteiger charge is -2.34. The maximum absolute atomic E-state index is 12.4. The molecule has 0 aliphatic carbocycles. The minimum Gasteiger partial charge on any atom is -0.351 e. The number of rotatable bonds is 8. The van der Waals surface area contributed by atoms with E-state index in [-0.39, 0.29) is 17.7 Å². The van der Waals surface area contributed by atoms with Gasteiger partial charge in [0.05, 0.1) is 11.4 Å². The molecular weight excluding hydrogens is 412 g/mol. The van der Waals surface area contributed by atoms with E-state index in [1.807, 2.05) is 48.4 Å². The second kappa shape index (κ2) is 11.1. The molecule has 2 N–H and O–H groups in total. The summed E-state index contributed by atoms with van der Waals surface area (Å²) in [6.45, 7) is 7.39. The highest BCUT2D eigenvalue weighted by Crippen LogP contribution is 2.19. The molecule has 2 heterocycles. The maximum Gasteiger partial charge on any atom is 0.261 e. The zero-order valence-corrected chi connectivity index (χ0v) is 19.0. The van der Waals surface area contributed by atoms with E-state index in [1.165, 1.54) is 11.3 Å². The number of nitrogens with one attached hydrogen (secondary N) is 2. The van der Waals surface area contributed by atoms with Crippen molar-refractivity contribution in [3.05, 3.63) is 51.7 Å². The first-order chi connectivity index (χ1) is 14.9. The Hall–Kier alpha value is -2.71. The van der Waals surface area contributed by atoms with Crippen molar-refractivity contribution < 1.29 is 14.4 Å². The molecule has 1 aliphatic rings. The molecule has 0 atom stereocenters. The third-order valence-corrected chi connectivity index (χ3v) is 6.30. The van der Waals surface area contributed by atoms with E-state index in [0.29, 0.717) is 57.0 Å². The SMILES string of the molecule is Cc1cccc(C)c1NC(=O)CN1CCN(C(=O)CCCNC(=O)c2cccs2)CC1. The average Bonchev–Trinajstić information content (AvgIpc) is 3.29. The predicted octanol–water partition coefficient (Wildman–Crippen LogP) is 2.66. The van der Waals surface area contributed by atoms with Gasteiger partial charge < -0.3 is 15.5 Å². The molecule has 1 saturated heterocycles. The Morgan fingerprint density at radius 1 is 1.00 bits per heavy atom. The van der Waals surface area contributed by atoms with Crippen LogP contribution in [0.2, 0.25) is 0 Å². The van der Waals surface area contributed by atoms with E-state index in [4.69, 9.17) is 0 Å². The molecule has 166 valence electrons. The Morgan fingerprint density at radius 3 is 2.35 bits per heavy atom. The van der Waals surface area contributed by atoms with Crippen LogP contribution >= 0.6 is 11.3 Å². The molecule has 3 rings (SSSR count). The molecule has 0 saturated carbocycles. The number of para-hydroxylation sites is 1. The molecule has 1 aromatic heterocycles.